The van der Waals surface area contributed by atoms with Gasteiger partial charge < -0.3 is 0 Å². The van der Waals surface area contributed by atoms with E-state index in [2.05, 4.69) is 29.2 Å². The van der Waals surface area contributed by atoms with Crippen molar-refractivity contribution in [1.82, 2.24) is 4.98 Å². The normalized spacial score (nSPS) is 10.7. The molecule has 0 unspecified atom stereocenters. The van der Waals surface area contributed by atoms with E-state index in [4.69, 9.17) is 0 Å². The zero-order chi connectivity index (χ0) is 15.2. The first kappa shape index (κ1) is 14.0. The van der Waals surface area contributed by atoms with Crippen LogP contribution in [0.1, 0.15) is 15.9 Å². The summed E-state index contributed by atoms with van der Waals surface area (Å²) in [7, 11) is 0. The maximum atomic E-state index is 12.0. The fourth-order valence-corrected chi connectivity index (χ4v) is 2.23. The second-order valence-corrected chi connectivity index (χ2v) is 4.93. The monoisotopic (exact) mass is 285 g/mol. The Morgan fingerprint density at radius 1 is 0.864 bits per heavy atom. The van der Waals surface area contributed by atoms with Crippen molar-refractivity contribution in [3.05, 3.63) is 96.3 Å². The van der Waals surface area contributed by atoms with Crippen molar-refractivity contribution in [2.24, 2.45) is 0 Å². The van der Waals surface area contributed by atoms with Crippen molar-refractivity contribution in [3.8, 4) is 11.1 Å². The maximum Gasteiger partial charge on any atom is 0.187 e. The topological polar surface area (TPSA) is 30.0 Å². The summed E-state index contributed by atoms with van der Waals surface area (Å²) < 4.78 is 0. The predicted molar refractivity (Wildman–Crippen MR) is 89.5 cm³/mol. The smallest absolute Gasteiger partial charge is 0.187 e. The fraction of sp³-hybridized carbons (Fsp3) is 0. The minimum absolute atomic E-state index is 0.0433. The molecule has 1 heterocycles. The highest BCUT2D eigenvalue weighted by atomic mass is 16.1. The number of benzene rings is 2. The minimum Gasteiger partial charge on any atom is -0.289 e. The zero-order valence-corrected chi connectivity index (χ0v) is 12.0. The lowest BCUT2D eigenvalue weighted by atomic mass is 10.0. The Labute approximate surface area is 129 Å². The molecule has 106 valence electrons. The summed E-state index contributed by atoms with van der Waals surface area (Å²) in [5.74, 6) is -0.0433. The first-order chi connectivity index (χ1) is 10.8. The van der Waals surface area contributed by atoms with Crippen molar-refractivity contribution in [2.75, 3.05) is 0 Å². The molecule has 0 bridgehead atoms. The molecule has 0 fully saturated rings. The van der Waals surface area contributed by atoms with E-state index < -0.39 is 0 Å². The summed E-state index contributed by atoms with van der Waals surface area (Å²) >= 11 is 0. The SMILES string of the molecule is O=C(/C=C/c1cccc(-c2ccccc2)c1)c1cccnc1. The highest BCUT2D eigenvalue weighted by Crippen LogP contribution is 2.20. The molecule has 0 atom stereocenters. The van der Waals surface area contributed by atoms with E-state index in [1.807, 2.05) is 36.4 Å². The van der Waals surface area contributed by atoms with Gasteiger partial charge in [-0.1, -0.05) is 54.6 Å². The van der Waals surface area contributed by atoms with Crippen LogP contribution in [0.25, 0.3) is 17.2 Å². The Bertz CT molecular complexity index is 792. The van der Waals surface area contributed by atoms with E-state index in [0.29, 0.717) is 5.56 Å². The fourth-order valence-electron chi connectivity index (χ4n) is 2.23. The Morgan fingerprint density at radius 2 is 1.68 bits per heavy atom. The number of carbonyl (C=O) groups is 1. The summed E-state index contributed by atoms with van der Waals surface area (Å²) in [4.78, 5) is 16.0. The highest BCUT2D eigenvalue weighted by molar-refractivity contribution is 6.06. The van der Waals surface area contributed by atoms with E-state index >= 15 is 0 Å². The predicted octanol–water partition coefficient (Wildman–Crippen LogP) is 4.64. The average molecular weight is 285 g/mol. The maximum absolute atomic E-state index is 12.0. The Balaban J connectivity index is 1.82. The van der Waals surface area contributed by atoms with Gasteiger partial charge in [-0.2, -0.15) is 0 Å². The van der Waals surface area contributed by atoms with Gasteiger partial charge in [-0.05, 0) is 41.0 Å². The van der Waals surface area contributed by atoms with Gasteiger partial charge in [0, 0.05) is 18.0 Å². The molecule has 2 nitrogen and oxygen atoms in total. The van der Waals surface area contributed by atoms with Crippen molar-refractivity contribution in [3.63, 3.8) is 0 Å². The lowest BCUT2D eigenvalue weighted by Gasteiger charge is -2.02. The van der Waals surface area contributed by atoms with Gasteiger partial charge in [0.2, 0.25) is 0 Å². The van der Waals surface area contributed by atoms with Gasteiger partial charge in [0.05, 0.1) is 0 Å². The molecule has 3 rings (SSSR count). The molecule has 2 aromatic carbocycles. The molecule has 0 aliphatic heterocycles. The number of ketones is 1. The zero-order valence-electron chi connectivity index (χ0n) is 12.0. The third-order valence-electron chi connectivity index (χ3n) is 3.37. The summed E-state index contributed by atoms with van der Waals surface area (Å²) in [6.07, 6.45) is 6.65. The Morgan fingerprint density at radius 3 is 2.45 bits per heavy atom. The molecule has 22 heavy (non-hydrogen) atoms. The van der Waals surface area contributed by atoms with Gasteiger partial charge in [0.1, 0.15) is 0 Å². The largest absolute Gasteiger partial charge is 0.289 e. The molecular formula is C20H15NO. The molecule has 0 aliphatic carbocycles. The lowest BCUT2D eigenvalue weighted by molar-refractivity contribution is 0.104. The summed E-state index contributed by atoms with van der Waals surface area (Å²) in [6, 6.07) is 21.8. The molecule has 0 saturated carbocycles. The van der Waals surface area contributed by atoms with Crippen molar-refractivity contribution >= 4 is 11.9 Å². The molecule has 3 aromatic rings. The van der Waals surface area contributed by atoms with Crippen molar-refractivity contribution in [1.29, 1.82) is 0 Å². The van der Waals surface area contributed by atoms with E-state index in [0.717, 1.165) is 16.7 Å². The lowest BCUT2D eigenvalue weighted by Crippen LogP contribution is -1.94. The molecule has 0 saturated heterocycles. The molecule has 0 spiro atoms. The molecular weight excluding hydrogens is 270 g/mol. The molecule has 1 aromatic heterocycles. The first-order valence-corrected chi connectivity index (χ1v) is 7.11. The first-order valence-electron chi connectivity index (χ1n) is 7.11. The number of hydrogen-bond donors (Lipinski definition) is 0. The third kappa shape index (κ3) is 3.36. The highest BCUT2D eigenvalue weighted by Gasteiger charge is 2.01. The van der Waals surface area contributed by atoms with Crippen LogP contribution in [0, 0.1) is 0 Å². The Hall–Kier alpha value is -3.00. The molecule has 0 amide bonds. The van der Waals surface area contributed by atoms with Gasteiger partial charge in [-0.25, -0.2) is 0 Å². The number of hydrogen-bond acceptors (Lipinski definition) is 2. The van der Waals surface area contributed by atoms with Gasteiger partial charge in [-0.3, -0.25) is 9.78 Å². The molecule has 0 N–H and O–H groups in total. The quantitative estimate of drug-likeness (QED) is 0.516. The summed E-state index contributed by atoms with van der Waals surface area (Å²) in [5, 5.41) is 0. The van der Waals surface area contributed by atoms with Crippen LogP contribution in [-0.2, 0) is 0 Å². The van der Waals surface area contributed by atoms with Crippen LogP contribution in [0.3, 0.4) is 0 Å². The van der Waals surface area contributed by atoms with Gasteiger partial charge in [0.25, 0.3) is 0 Å². The van der Waals surface area contributed by atoms with E-state index in [9.17, 15) is 4.79 Å². The third-order valence-corrected chi connectivity index (χ3v) is 3.37. The van der Waals surface area contributed by atoms with Crippen LogP contribution in [0.15, 0.2) is 85.2 Å². The number of carbonyl (C=O) groups excluding carboxylic acids is 1. The van der Waals surface area contributed by atoms with Gasteiger partial charge >= 0.3 is 0 Å². The Kier molecular flexibility index (Phi) is 4.21. The van der Waals surface area contributed by atoms with E-state index in [1.54, 1.807) is 30.6 Å². The number of allylic oxidation sites excluding steroid dienone is 1. The summed E-state index contributed by atoms with van der Waals surface area (Å²) in [5.41, 5.74) is 3.89. The van der Waals surface area contributed by atoms with Crippen LogP contribution in [0.5, 0.6) is 0 Å². The van der Waals surface area contributed by atoms with Crippen LogP contribution in [0.2, 0.25) is 0 Å². The minimum atomic E-state index is -0.0433. The second kappa shape index (κ2) is 6.64. The summed E-state index contributed by atoms with van der Waals surface area (Å²) in [6.45, 7) is 0. The van der Waals surface area contributed by atoms with Crippen LogP contribution in [0.4, 0.5) is 0 Å². The van der Waals surface area contributed by atoms with E-state index in [-0.39, 0.29) is 5.78 Å². The standard InChI is InChI=1S/C20H15NO/c22-20(19-10-5-13-21-15-19)12-11-16-6-4-9-18(14-16)17-7-2-1-3-8-17/h1-15H/b12-11+. The second-order valence-electron chi connectivity index (χ2n) is 4.93. The van der Waals surface area contributed by atoms with Crippen LogP contribution in [-0.4, -0.2) is 10.8 Å². The van der Waals surface area contributed by atoms with Crippen LogP contribution >= 0.6 is 0 Å². The van der Waals surface area contributed by atoms with E-state index in [1.165, 1.54) is 0 Å². The number of aromatic nitrogens is 1. The van der Waals surface area contributed by atoms with Gasteiger partial charge in [-0.15, -0.1) is 0 Å². The molecule has 0 aliphatic rings. The van der Waals surface area contributed by atoms with Crippen LogP contribution < -0.4 is 0 Å². The van der Waals surface area contributed by atoms with Crippen molar-refractivity contribution in [2.45, 2.75) is 0 Å². The number of pyridine rings is 1. The van der Waals surface area contributed by atoms with Gasteiger partial charge in [0.15, 0.2) is 5.78 Å². The number of nitrogens with zero attached hydrogens (tertiary/aromatic N) is 1. The van der Waals surface area contributed by atoms with Crippen molar-refractivity contribution < 1.29 is 4.79 Å². The number of rotatable bonds is 4. The molecule has 2 heteroatoms. The average Bonchev–Trinajstić information content (AvgIpc) is 2.61. The molecule has 0 radical (unpaired) electrons.